The average molecular weight is 255 g/mol. The summed E-state index contributed by atoms with van der Waals surface area (Å²) in [6, 6.07) is 0. The van der Waals surface area contributed by atoms with E-state index in [1.807, 2.05) is 11.8 Å². The van der Waals surface area contributed by atoms with E-state index in [-0.39, 0.29) is 17.8 Å². The zero-order chi connectivity index (χ0) is 13.4. The summed E-state index contributed by atoms with van der Waals surface area (Å²) >= 11 is 0. The van der Waals surface area contributed by atoms with Crippen LogP contribution in [0.25, 0.3) is 0 Å². The Morgan fingerprint density at radius 1 is 1.28 bits per heavy atom. The number of amides is 1. The van der Waals surface area contributed by atoms with Crippen molar-refractivity contribution in [2.24, 2.45) is 5.92 Å². The van der Waals surface area contributed by atoms with Gasteiger partial charge in [-0.1, -0.05) is 19.8 Å². The van der Waals surface area contributed by atoms with Crippen molar-refractivity contribution in [2.45, 2.75) is 52.4 Å². The van der Waals surface area contributed by atoms with Gasteiger partial charge in [0.25, 0.3) is 0 Å². The first-order valence-electron chi connectivity index (χ1n) is 7.13. The number of hydrogen-bond acceptors (Lipinski definition) is 3. The molecular formula is C14H25NO3. The van der Waals surface area contributed by atoms with Gasteiger partial charge in [-0.25, -0.2) is 0 Å². The Kier molecular flexibility index (Phi) is 6.76. The third-order valence-electron chi connectivity index (χ3n) is 3.39. The molecule has 1 rings (SSSR count). The van der Waals surface area contributed by atoms with Crippen molar-refractivity contribution in [1.82, 2.24) is 4.90 Å². The monoisotopic (exact) mass is 255 g/mol. The Morgan fingerprint density at radius 3 is 2.72 bits per heavy atom. The lowest BCUT2D eigenvalue weighted by atomic mass is 9.97. The van der Waals surface area contributed by atoms with Crippen LogP contribution < -0.4 is 0 Å². The number of unbranched alkanes of at least 4 members (excludes halogenated alkanes) is 2. The van der Waals surface area contributed by atoms with Gasteiger partial charge >= 0.3 is 5.97 Å². The summed E-state index contributed by atoms with van der Waals surface area (Å²) in [6.07, 6.45) is 5.54. The summed E-state index contributed by atoms with van der Waals surface area (Å²) in [5.41, 5.74) is 0. The number of hydrogen-bond donors (Lipinski definition) is 0. The van der Waals surface area contributed by atoms with Gasteiger partial charge in [0.05, 0.1) is 12.5 Å². The number of carbonyl (C=O) groups is 2. The first-order chi connectivity index (χ1) is 8.69. The second-order valence-corrected chi connectivity index (χ2v) is 4.89. The van der Waals surface area contributed by atoms with Crippen molar-refractivity contribution in [3.8, 4) is 0 Å². The molecule has 4 heteroatoms. The molecule has 1 aliphatic rings. The van der Waals surface area contributed by atoms with Crippen molar-refractivity contribution in [3.05, 3.63) is 0 Å². The topological polar surface area (TPSA) is 46.6 Å². The zero-order valence-electron chi connectivity index (χ0n) is 11.6. The molecule has 0 N–H and O–H groups in total. The predicted molar refractivity (Wildman–Crippen MR) is 70.1 cm³/mol. The van der Waals surface area contributed by atoms with Crippen molar-refractivity contribution in [2.75, 3.05) is 19.7 Å². The number of nitrogens with zero attached hydrogens (tertiary/aromatic N) is 1. The van der Waals surface area contributed by atoms with Crippen molar-refractivity contribution < 1.29 is 14.3 Å². The predicted octanol–water partition coefficient (Wildman–Crippen LogP) is 2.37. The van der Waals surface area contributed by atoms with Crippen LogP contribution in [0.3, 0.4) is 0 Å². The normalized spacial score (nSPS) is 19.7. The highest BCUT2D eigenvalue weighted by Gasteiger charge is 2.28. The standard InChI is InChI=1S/C14H25NO3/c1-3-5-6-9-13(16)15-10-7-8-12(11-15)14(17)18-4-2/h12H,3-11H2,1-2H3/t12-/m1/s1. The molecule has 1 atom stereocenters. The fraction of sp³-hybridized carbons (Fsp3) is 0.857. The molecule has 0 unspecified atom stereocenters. The average Bonchev–Trinajstić information content (AvgIpc) is 2.39. The molecule has 1 aliphatic heterocycles. The number of carbonyl (C=O) groups excluding carboxylic acids is 2. The molecule has 0 radical (unpaired) electrons. The minimum Gasteiger partial charge on any atom is -0.466 e. The van der Waals surface area contributed by atoms with E-state index in [1.54, 1.807) is 0 Å². The van der Waals surface area contributed by atoms with Crippen LogP contribution in [0.15, 0.2) is 0 Å². The highest BCUT2D eigenvalue weighted by Crippen LogP contribution is 2.19. The van der Waals surface area contributed by atoms with Crippen molar-refractivity contribution in [3.63, 3.8) is 0 Å². The largest absolute Gasteiger partial charge is 0.466 e. The van der Waals surface area contributed by atoms with E-state index in [1.165, 1.54) is 0 Å². The van der Waals surface area contributed by atoms with Gasteiger partial charge in [-0.05, 0) is 26.2 Å². The lowest BCUT2D eigenvalue weighted by molar-refractivity contribution is -0.151. The Labute approximate surface area is 110 Å². The van der Waals surface area contributed by atoms with Crippen molar-refractivity contribution in [1.29, 1.82) is 0 Å². The van der Waals surface area contributed by atoms with Crippen LogP contribution in [-0.2, 0) is 14.3 Å². The van der Waals surface area contributed by atoms with E-state index in [4.69, 9.17) is 4.74 Å². The number of likely N-dealkylation sites (tertiary alicyclic amines) is 1. The van der Waals surface area contributed by atoms with Crippen LogP contribution in [0.4, 0.5) is 0 Å². The summed E-state index contributed by atoms with van der Waals surface area (Å²) in [7, 11) is 0. The van der Waals surface area contributed by atoms with E-state index in [9.17, 15) is 9.59 Å². The third-order valence-corrected chi connectivity index (χ3v) is 3.39. The molecule has 0 aliphatic carbocycles. The lowest BCUT2D eigenvalue weighted by Gasteiger charge is -2.31. The van der Waals surface area contributed by atoms with E-state index >= 15 is 0 Å². The molecular weight excluding hydrogens is 230 g/mol. The molecule has 18 heavy (non-hydrogen) atoms. The summed E-state index contributed by atoms with van der Waals surface area (Å²) in [5.74, 6) is -0.0742. The Balaban J connectivity index is 2.38. The van der Waals surface area contributed by atoms with Crippen LogP contribution in [0, 0.1) is 5.92 Å². The molecule has 0 aromatic heterocycles. The fourth-order valence-electron chi connectivity index (χ4n) is 2.34. The number of rotatable bonds is 6. The minimum absolute atomic E-state index is 0.117. The van der Waals surface area contributed by atoms with Gasteiger partial charge in [-0.3, -0.25) is 9.59 Å². The zero-order valence-corrected chi connectivity index (χ0v) is 11.6. The van der Waals surface area contributed by atoms with Crippen LogP contribution in [0.1, 0.15) is 52.4 Å². The maximum Gasteiger partial charge on any atom is 0.310 e. The van der Waals surface area contributed by atoms with E-state index < -0.39 is 0 Å². The Morgan fingerprint density at radius 2 is 2.06 bits per heavy atom. The highest BCUT2D eigenvalue weighted by molar-refractivity contribution is 5.78. The smallest absolute Gasteiger partial charge is 0.310 e. The minimum atomic E-state index is -0.149. The summed E-state index contributed by atoms with van der Waals surface area (Å²) in [5, 5.41) is 0. The molecule has 0 bridgehead atoms. The molecule has 1 fully saturated rings. The molecule has 1 heterocycles. The molecule has 4 nitrogen and oxygen atoms in total. The SMILES string of the molecule is CCCCCC(=O)N1CCC[C@@H](C(=O)OCC)C1. The molecule has 1 amide bonds. The number of piperidine rings is 1. The van der Waals surface area contributed by atoms with Crippen LogP contribution >= 0.6 is 0 Å². The molecule has 0 aromatic rings. The lowest BCUT2D eigenvalue weighted by Crippen LogP contribution is -2.42. The molecule has 0 spiro atoms. The molecule has 0 aromatic carbocycles. The van der Waals surface area contributed by atoms with Gasteiger partial charge in [0.1, 0.15) is 0 Å². The Bertz CT molecular complexity index is 278. The van der Waals surface area contributed by atoms with Gasteiger partial charge in [-0.15, -0.1) is 0 Å². The molecule has 104 valence electrons. The summed E-state index contributed by atoms with van der Waals surface area (Å²) in [6.45, 7) is 5.70. The van der Waals surface area contributed by atoms with E-state index in [2.05, 4.69) is 6.92 Å². The fourth-order valence-corrected chi connectivity index (χ4v) is 2.34. The Hall–Kier alpha value is -1.06. The third kappa shape index (κ3) is 4.67. The number of ether oxygens (including phenoxy) is 1. The van der Waals surface area contributed by atoms with Gasteiger partial charge in [0.15, 0.2) is 0 Å². The second kappa shape index (κ2) is 8.11. The quantitative estimate of drug-likeness (QED) is 0.540. The van der Waals surface area contributed by atoms with Gasteiger partial charge < -0.3 is 9.64 Å². The van der Waals surface area contributed by atoms with E-state index in [0.717, 1.165) is 38.6 Å². The van der Waals surface area contributed by atoms with Gasteiger partial charge in [-0.2, -0.15) is 0 Å². The first-order valence-corrected chi connectivity index (χ1v) is 7.13. The summed E-state index contributed by atoms with van der Waals surface area (Å²) in [4.78, 5) is 25.5. The maximum atomic E-state index is 12.0. The summed E-state index contributed by atoms with van der Waals surface area (Å²) < 4.78 is 5.03. The number of esters is 1. The van der Waals surface area contributed by atoms with E-state index in [0.29, 0.717) is 19.6 Å². The molecule has 0 saturated carbocycles. The van der Waals surface area contributed by atoms with Crippen LogP contribution in [0.2, 0.25) is 0 Å². The van der Waals surface area contributed by atoms with Crippen LogP contribution in [-0.4, -0.2) is 36.5 Å². The highest BCUT2D eigenvalue weighted by atomic mass is 16.5. The second-order valence-electron chi connectivity index (χ2n) is 4.89. The first kappa shape index (κ1) is 15.0. The van der Waals surface area contributed by atoms with Gasteiger partial charge in [0, 0.05) is 19.5 Å². The van der Waals surface area contributed by atoms with Gasteiger partial charge in [0.2, 0.25) is 5.91 Å². The molecule has 1 saturated heterocycles. The van der Waals surface area contributed by atoms with Crippen molar-refractivity contribution >= 4 is 11.9 Å². The van der Waals surface area contributed by atoms with Crippen LogP contribution in [0.5, 0.6) is 0 Å². The maximum absolute atomic E-state index is 12.0.